The van der Waals surface area contributed by atoms with Crippen molar-refractivity contribution in [2.45, 2.75) is 10.8 Å². The number of hydrogen-bond donors (Lipinski definition) is 0. The van der Waals surface area contributed by atoms with Crippen LogP contribution in [0.2, 0.25) is 0 Å². The minimum absolute atomic E-state index is 0.676. The van der Waals surface area contributed by atoms with Gasteiger partial charge in [0.1, 0.15) is 0 Å². The van der Waals surface area contributed by atoms with E-state index in [2.05, 4.69) is 387 Å². The maximum atomic E-state index is 6.24. The summed E-state index contributed by atoms with van der Waals surface area (Å²) in [6.45, 7) is 0. The van der Waals surface area contributed by atoms with Crippen molar-refractivity contribution in [1.29, 1.82) is 0 Å². The molecule has 0 unspecified atom stereocenters. The molecule has 0 saturated heterocycles. The maximum absolute atomic E-state index is 6.24. The third-order valence-electron chi connectivity index (χ3n) is 20.2. The van der Waals surface area contributed by atoms with Gasteiger partial charge in [-0.25, -0.2) is 9.97 Å². The van der Waals surface area contributed by atoms with Crippen molar-refractivity contribution in [3.8, 4) is 89.3 Å². The molecule has 1 aromatic heterocycles. The van der Waals surface area contributed by atoms with E-state index in [1.165, 1.54) is 66.8 Å². The van der Waals surface area contributed by atoms with E-state index in [-0.39, 0.29) is 0 Å². The molecule has 454 valence electrons. The molecule has 16 aromatic rings. The first-order valence-electron chi connectivity index (χ1n) is 33.5. The number of benzene rings is 15. The summed E-state index contributed by atoms with van der Waals surface area (Å²) < 4.78 is 0. The monoisotopic (exact) mass is 1230 g/mol. The summed E-state index contributed by atoms with van der Waals surface area (Å²) in [7, 11) is 0. The highest BCUT2D eigenvalue weighted by Gasteiger charge is 2.48. The highest BCUT2D eigenvalue weighted by atomic mass is 15.1. The highest BCUT2D eigenvalue weighted by Crippen LogP contribution is 2.61. The van der Waals surface area contributed by atoms with E-state index >= 15 is 0 Å². The van der Waals surface area contributed by atoms with Gasteiger partial charge in [-0.05, 0) is 138 Å². The number of anilines is 3. The Labute approximate surface area is 566 Å². The Hall–Kier alpha value is -12.6. The third kappa shape index (κ3) is 9.19. The number of hydrogen-bond acceptors (Lipinski definition) is 3. The number of fused-ring (bicyclic) bond motifs is 7. The minimum Gasteiger partial charge on any atom is -0.311 e. The normalized spacial score (nSPS) is 12.9. The van der Waals surface area contributed by atoms with Crippen LogP contribution in [0.1, 0.15) is 44.5 Å². The summed E-state index contributed by atoms with van der Waals surface area (Å²) in [6, 6.07) is 140. The summed E-state index contributed by atoms with van der Waals surface area (Å²) >= 11 is 0. The fourth-order valence-corrected chi connectivity index (χ4v) is 16.2. The van der Waals surface area contributed by atoms with Gasteiger partial charge in [-0.1, -0.05) is 334 Å². The lowest BCUT2D eigenvalue weighted by Gasteiger charge is -2.34. The summed E-state index contributed by atoms with van der Waals surface area (Å²) in [5.41, 5.74) is 29.9. The van der Waals surface area contributed by atoms with Gasteiger partial charge < -0.3 is 4.90 Å². The van der Waals surface area contributed by atoms with Gasteiger partial charge >= 0.3 is 0 Å². The van der Waals surface area contributed by atoms with Crippen LogP contribution >= 0.6 is 0 Å². The van der Waals surface area contributed by atoms with Crippen LogP contribution in [0.15, 0.2) is 382 Å². The van der Waals surface area contributed by atoms with Crippen molar-refractivity contribution < 1.29 is 0 Å². The fourth-order valence-electron chi connectivity index (χ4n) is 16.2. The van der Waals surface area contributed by atoms with Gasteiger partial charge in [0.25, 0.3) is 0 Å². The number of rotatable bonds is 13. The van der Waals surface area contributed by atoms with E-state index in [1.54, 1.807) is 0 Å². The predicted octanol–water partition coefficient (Wildman–Crippen LogP) is 23.8. The van der Waals surface area contributed by atoms with Crippen molar-refractivity contribution in [3.63, 3.8) is 0 Å². The quantitative estimate of drug-likeness (QED) is 0.115. The van der Waals surface area contributed by atoms with E-state index < -0.39 is 10.8 Å². The Morgan fingerprint density at radius 3 is 0.825 bits per heavy atom. The lowest BCUT2D eigenvalue weighted by molar-refractivity contribution is 0.768. The molecular formula is C94H63N3. The molecule has 2 aliphatic carbocycles. The van der Waals surface area contributed by atoms with Gasteiger partial charge in [0.05, 0.1) is 33.3 Å². The van der Waals surface area contributed by atoms with Crippen LogP contribution < -0.4 is 4.90 Å². The Balaban J connectivity index is 1.00. The van der Waals surface area contributed by atoms with Crippen LogP contribution in [-0.4, -0.2) is 9.97 Å². The summed E-state index contributed by atoms with van der Waals surface area (Å²) in [6.07, 6.45) is 0. The maximum Gasteiger partial charge on any atom is 0.0986 e. The number of para-hydroxylation sites is 2. The molecule has 0 spiro atoms. The third-order valence-corrected chi connectivity index (χ3v) is 20.2. The Kier molecular flexibility index (Phi) is 14.0. The van der Waals surface area contributed by atoms with E-state index in [0.717, 1.165) is 95.1 Å². The molecule has 3 heteroatoms. The van der Waals surface area contributed by atoms with Gasteiger partial charge in [0.2, 0.25) is 0 Å². The van der Waals surface area contributed by atoms with E-state index in [0.29, 0.717) is 0 Å². The van der Waals surface area contributed by atoms with E-state index in [1.807, 2.05) is 0 Å². The molecule has 15 aromatic carbocycles. The minimum atomic E-state index is -0.679. The van der Waals surface area contributed by atoms with Crippen molar-refractivity contribution in [1.82, 2.24) is 9.97 Å². The van der Waals surface area contributed by atoms with Crippen LogP contribution in [0.25, 0.3) is 100 Å². The first-order valence-corrected chi connectivity index (χ1v) is 33.5. The average molecular weight is 1230 g/mol. The van der Waals surface area contributed by atoms with Gasteiger partial charge in [0.15, 0.2) is 0 Å². The zero-order valence-corrected chi connectivity index (χ0v) is 53.2. The smallest absolute Gasteiger partial charge is 0.0986 e. The SMILES string of the molecule is c1ccc(-c2nc3c(-c4ccccc4)c(-c4ccc5c(c4)C(c4ccccc4)(c4ccccc4)c4ccccc4-5)c(-c4ccc5c(c4)C(c4ccccc4)(c4ccccc4)c4ccccc4-5)c(-c4ccccc4)c3nc2-c2ccc(N(c3ccccc3)c3ccccc3)cc2)cc1. The standard InChI is InChI=1S/C94H63N3/c1-10-32-64(33-11-1)87-85(68-56-60-79-77-50-28-30-52-81(77)93(83(79)62-68,70-38-16-4-17-39-70)71-40-18-5-19-41-71)86(69-57-61-80-78-51-29-31-53-82(78)94(84(80)63-69,72-42-20-6-21-43-72)73-44-22-7-23-45-73)88(65-34-12-2-13-35-65)92-91(87)95-89(66-36-14-3-15-37-66)90(96-92)67-54-58-76(59-55-67)97(74-46-24-8-25-47-74)75-48-26-9-27-49-75/h1-63H. The molecule has 18 rings (SSSR count). The molecule has 0 radical (unpaired) electrons. The van der Waals surface area contributed by atoms with Crippen molar-refractivity contribution in [3.05, 3.63) is 427 Å². The van der Waals surface area contributed by atoms with Crippen molar-refractivity contribution in [2.24, 2.45) is 0 Å². The van der Waals surface area contributed by atoms with Gasteiger partial charge in [0, 0.05) is 50.4 Å². The molecular weight excluding hydrogens is 1170 g/mol. The van der Waals surface area contributed by atoms with Gasteiger partial charge in [-0.3, -0.25) is 0 Å². The second kappa shape index (κ2) is 23.8. The van der Waals surface area contributed by atoms with E-state index in [4.69, 9.17) is 9.97 Å². The van der Waals surface area contributed by atoms with Crippen LogP contribution in [0.3, 0.4) is 0 Å². The van der Waals surface area contributed by atoms with Crippen LogP contribution in [0, 0.1) is 0 Å². The lowest BCUT2D eigenvalue weighted by atomic mass is 9.67. The first kappa shape index (κ1) is 57.1. The highest BCUT2D eigenvalue weighted by molar-refractivity contribution is 6.17. The van der Waals surface area contributed by atoms with Crippen LogP contribution in [0.5, 0.6) is 0 Å². The summed E-state index contributed by atoms with van der Waals surface area (Å²) in [5.74, 6) is 0. The van der Waals surface area contributed by atoms with Crippen LogP contribution in [0.4, 0.5) is 17.1 Å². The molecule has 0 aliphatic heterocycles. The molecule has 0 atom stereocenters. The molecule has 0 N–H and O–H groups in total. The summed E-state index contributed by atoms with van der Waals surface area (Å²) in [4.78, 5) is 14.7. The Morgan fingerprint density at radius 2 is 0.464 bits per heavy atom. The Morgan fingerprint density at radius 1 is 0.196 bits per heavy atom. The predicted molar refractivity (Wildman–Crippen MR) is 401 cm³/mol. The number of nitrogens with zero attached hydrogens (tertiary/aromatic N) is 3. The van der Waals surface area contributed by atoms with Gasteiger partial charge in [-0.15, -0.1) is 0 Å². The summed E-state index contributed by atoms with van der Waals surface area (Å²) in [5, 5.41) is 0. The molecule has 0 bridgehead atoms. The second-order valence-corrected chi connectivity index (χ2v) is 25.3. The Bertz CT molecular complexity index is 5450. The van der Waals surface area contributed by atoms with Crippen molar-refractivity contribution >= 4 is 28.1 Å². The molecule has 1 heterocycles. The molecule has 3 nitrogen and oxygen atoms in total. The fraction of sp³-hybridized carbons (Fsp3) is 0.0213. The molecule has 97 heavy (non-hydrogen) atoms. The zero-order valence-electron chi connectivity index (χ0n) is 53.2. The molecule has 2 aliphatic rings. The molecule has 0 fully saturated rings. The van der Waals surface area contributed by atoms with E-state index in [9.17, 15) is 0 Å². The average Bonchev–Trinajstić information content (AvgIpc) is 1.59. The molecule has 0 amide bonds. The largest absolute Gasteiger partial charge is 0.311 e. The van der Waals surface area contributed by atoms with Crippen LogP contribution in [-0.2, 0) is 10.8 Å². The number of aromatic nitrogens is 2. The van der Waals surface area contributed by atoms with Gasteiger partial charge in [-0.2, -0.15) is 0 Å². The molecule has 0 saturated carbocycles. The lowest BCUT2D eigenvalue weighted by Crippen LogP contribution is -2.28. The first-order chi connectivity index (χ1) is 48.2. The topological polar surface area (TPSA) is 29.0 Å². The second-order valence-electron chi connectivity index (χ2n) is 25.3. The van der Waals surface area contributed by atoms with Crippen molar-refractivity contribution in [2.75, 3.05) is 4.90 Å². The zero-order chi connectivity index (χ0) is 64.3.